The van der Waals surface area contributed by atoms with Crippen LogP contribution in [0.4, 0.5) is 0 Å². The van der Waals surface area contributed by atoms with Crippen molar-refractivity contribution in [2.45, 2.75) is 26.3 Å². The molecule has 0 bridgehead atoms. The lowest BCUT2D eigenvalue weighted by Gasteiger charge is -2.06. The van der Waals surface area contributed by atoms with Crippen molar-refractivity contribution < 1.29 is 0 Å². The minimum absolute atomic E-state index is 0. The van der Waals surface area contributed by atoms with E-state index in [1.54, 1.807) is 0 Å². The van der Waals surface area contributed by atoms with Gasteiger partial charge in [0.25, 0.3) is 0 Å². The van der Waals surface area contributed by atoms with Crippen molar-refractivity contribution >= 4 is 21.9 Å². The zero-order chi connectivity index (χ0) is 4.50. The lowest BCUT2D eigenvalue weighted by Crippen LogP contribution is -2.26. The van der Waals surface area contributed by atoms with Crippen molar-refractivity contribution in [1.29, 1.82) is 0 Å². The van der Waals surface area contributed by atoms with Gasteiger partial charge < -0.3 is 5.73 Å². The highest BCUT2D eigenvalue weighted by Gasteiger charge is 1.95. The molecule has 0 aromatic rings. The van der Waals surface area contributed by atoms with Crippen LogP contribution in [0.25, 0.3) is 0 Å². The van der Waals surface area contributed by atoms with Crippen LogP contribution in [-0.2, 0) is 0 Å². The second-order valence-corrected chi connectivity index (χ2v) is 2.37. The molecule has 0 aliphatic heterocycles. The van der Waals surface area contributed by atoms with Crippen molar-refractivity contribution in [3.05, 3.63) is 0 Å². The van der Waals surface area contributed by atoms with Crippen LogP contribution < -0.4 is 5.73 Å². The maximum atomic E-state index is 5.35. The van der Waals surface area contributed by atoms with Gasteiger partial charge in [-0.25, -0.2) is 0 Å². The number of rotatable bonds is 0. The summed E-state index contributed by atoms with van der Waals surface area (Å²) in [7, 11) is 0. The molecule has 1 nitrogen and oxygen atoms in total. The second kappa shape index (κ2) is 4.55. The lowest BCUT2D eigenvalue weighted by atomic mass is 10.1. The van der Waals surface area contributed by atoms with E-state index in [9.17, 15) is 0 Å². The van der Waals surface area contributed by atoms with Gasteiger partial charge in [0, 0.05) is 5.54 Å². The van der Waals surface area contributed by atoms with Crippen LogP contribution >= 0.6 is 0 Å². The van der Waals surface area contributed by atoms with E-state index in [4.69, 9.17) is 5.73 Å². The molecule has 0 aliphatic rings. The highest BCUT2D eigenvalue weighted by molar-refractivity contribution is 5.76. The quantitative estimate of drug-likeness (QED) is 0.378. The summed E-state index contributed by atoms with van der Waals surface area (Å²) in [5.41, 5.74) is 5.35. The molecule has 0 aromatic carbocycles. The molecule has 0 amide bonds. The molecule has 0 atom stereocenters. The van der Waals surface area contributed by atoms with Gasteiger partial charge in [-0.05, 0) is 42.7 Å². The van der Waals surface area contributed by atoms with E-state index in [2.05, 4.69) is 0 Å². The molecular formula is C4H19NSi2. The standard InChI is InChI=1S/C4H11N.2H4Si/c1-4(2,3)5;;/h5H2,1-3H3;2*1H4. The Morgan fingerprint density at radius 2 is 1.00 bits per heavy atom. The summed E-state index contributed by atoms with van der Waals surface area (Å²) >= 11 is 0. The SMILES string of the molecule is CC(C)(C)N.[SiH4].[SiH4]. The predicted octanol–water partition coefficient (Wildman–Crippen LogP) is -2.16. The Balaban J connectivity index is -0.0000000800. The van der Waals surface area contributed by atoms with Gasteiger partial charge >= 0.3 is 0 Å². The first kappa shape index (κ1) is 15.7. The van der Waals surface area contributed by atoms with Gasteiger partial charge in [-0.15, -0.1) is 0 Å². The van der Waals surface area contributed by atoms with Crippen molar-refractivity contribution in [1.82, 2.24) is 0 Å². The third-order valence-electron chi connectivity index (χ3n) is 0. The summed E-state index contributed by atoms with van der Waals surface area (Å²) in [6, 6.07) is 0. The molecule has 0 unspecified atom stereocenters. The van der Waals surface area contributed by atoms with E-state index >= 15 is 0 Å². The third kappa shape index (κ3) is 796. The van der Waals surface area contributed by atoms with Gasteiger partial charge in [-0.2, -0.15) is 0 Å². The molecule has 0 aromatic heterocycles. The molecule has 7 heavy (non-hydrogen) atoms. The number of nitrogens with two attached hydrogens (primary N) is 1. The van der Waals surface area contributed by atoms with E-state index in [1.807, 2.05) is 20.8 Å². The molecule has 0 saturated carbocycles. The predicted molar refractivity (Wildman–Crippen MR) is 46.6 cm³/mol. The molecule has 0 saturated heterocycles. The van der Waals surface area contributed by atoms with Gasteiger partial charge in [0.15, 0.2) is 0 Å². The summed E-state index contributed by atoms with van der Waals surface area (Å²) in [4.78, 5) is 0. The van der Waals surface area contributed by atoms with Gasteiger partial charge in [-0.3, -0.25) is 0 Å². The van der Waals surface area contributed by atoms with Crippen LogP contribution in [0.5, 0.6) is 0 Å². The number of hydrogen-bond donors (Lipinski definition) is 1. The minimum atomic E-state index is 0. The molecule has 0 radical (unpaired) electrons. The fourth-order valence-corrected chi connectivity index (χ4v) is 0. The Bertz CT molecular complexity index is 25.2. The lowest BCUT2D eigenvalue weighted by molar-refractivity contribution is 0.580. The Kier molecular flexibility index (Phi) is 10.2. The maximum Gasteiger partial charge on any atom is 0.00686 e. The Morgan fingerprint density at radius 1 is 1.00 bits per heavy atom. The van der Waals surface area contributed by atoms with Gasteiger partial charge in [0.2, 0.25) is 0 Å². The number of hydrogen-bond acceptors (Lipinski definition) is 1. The first-order valence-electron chi connectivity index (χ1n) is 1.79. The largest absolute Gasteiger partial charge is 0.326 e. The summed E-state index contributed by atoms with van der Waals surface area (Å²) in [5.74, 6) is 0. The summed E-state index contributed by atoms with van der Waals surface area (Å²) in [5, 5.41) is 0. The van der Waals surface area contributed by atoms with E-state index < -0.39 is 0 Å². The average molecular weight is 137 g/mol. The molecule has 0 heterocycles. The van der Waals surface area contributed by atoms with Gasteiger partial charge in [-0.1, -0.05) is 0 Å². The van der Waals surface area contributed by atoms with Crippen molar-refractivity contribution in [2.24, 2.45) is 5.73 Å². The molecule has 3 heteroatoms. The van der Waals surface area contributed by atoms with E-state index in [0.29, 0.717) is 0 Å². The molecule has 0 spiro atoms. The topological polar surface area (TPSA) is 26.0 Å². The highest BCUT2D eigenvalue weighted by atomic mass is 28.1. The monoisotopic (exact) mass is 137 g/mol. The zero-order valence-electron chi connectivity index (χ0n) is 4.08. The zero-order valence-corrected chi connectivity index (χ0v) is 4.08. The van der Waals surface area contributed by atoms with Crippen LogP contribution in [0.15, 0.2) is 0 Å². The fraction of sp³-hybridized carbons (Fsp3) is 1.00. The fourth-order valence-electron chi connectivity index (χ4n) is 0. The Labute approximate surface area is 54.7 Å². The minimum Gasteiger partial charge on any atom is -0.326 e. The summed E-state index contributed by atoms with van der Waals surface area (Å²) < 4.78 is 0. The van der Waals surface area contributed by atoms with E-state index in [0.717, 1.165) is 0 Å². The van der Waals surface area contributed by atoms with E-state index in [1.165, 1.54) is 0 Å². The van der Waals surface area contributed by atoms with Crippen LogP contribution in [0.1, 0.15) is 20.8 Å². The van der Waals surface area contributed by atoms with Crippen molar-refractivity contribution in [3.63, 3.8) is 0 Å². The van der Waals surface area contributed by atoms with Crippen molar-refractivity contribution in [2.75, 3.05) is 0 Å². The molecule has 0 fully saturated rings. The van der Waals surface area contributed by atoms with Crippen LogP contribution in [0, 0.1) is 0 Å². The van der Waals surface area contributed by atoms with Gasteiger partial charge in [0.1, 0.15) is 0 Å². The normalized spacial score (nSPS) is 8.57. The smallest absolute Gasteiger partial charge is 0.00686 e. The van der Waals surface area contributed by atoms with Crippen LogP contribution in [-0.4, -0.2) is 27.5 Å². The Morgan fingerprint density at radius 3 is 1.00 bits per heavy atom. The third-order valence-corrected chi connectivity index (χ3v) is 0. The van der Waals surface area contributed by atoms with E-state index in [-0.39, 0.29) is 27.5 Å². The molecule has 48 valence electrons. The molecule has 0 aliphatic carbocycles. The van der Waals surface area contributed by atoms with Gasteiger partial charge in [0.05, 0.1) is 0 Å². The maximum absolute atomic E-state index is 5.35. The van der Waals surface area contributed by atoms with Crippen molar-refractivity contribution in [3.8, 4) is 0 Å². The first-order chi connectivity index (χ1) is 2.00. The molecular weight excluding hydrogens is 118 g/mol. The molecule has 2 N–H and O–H groups in total. The first-order valence-corrected chi connectivity index (χ1v) is 1.79. The highest BCUT2D eigenvalue weighted by Crippen LogP contribution is 1.88. The molecule has 0 rings (SSSR count). The Hall–Kier alpha value is 0.394. The summed E-state index contributed by atoms with van der Waals surface area (Å²) in [6.07, 6.45) is 0. The summed E-state index contributed by atoms with van der Waals surface area (Å²) in [6.45, 7) is 5.90. The second-order valence-electron chi connectivity index (χ2n) is 2.37. The van der Waals surface area contributed by atoms with Crippen LogP contribution in [0.3, 0.4) is 0 Å². The average Bonchev–Trinajstić information content (AvgIpc) is 0.722. The van der Waals surface area contributed by atoms with Crippen LogP contribution in [0.2, 0.25) is 0 Å².